The molecule has 2 unspecified atom stereocenters. The van der Waals surface area contributed by atoms with E-state index in [1.54, 1.807) is 0 Å². The minimum absolute atomic E-state index is 0.465. The van der Waals surface area contributed by atoms with Crippen molar-refractivity contribution in [1.82, 2.24) is 5.32 Å². The molecular formula is C13H18ClNS2. The molecule has 94 valence electrons. The quantitative estimate of drug-likeness (QED) is 0.890. The molecule has 2 rings (SSSR count). The first kappa shape index (κ1) is 13.6. The summed E-state index contributed by atoms with van der Waals surface area (Å²) in [5.41, 5.74) is 1.38. The molecule has 0 saturated carbocycles. The molecule has 2 atom stereocenters. The number of fused-ring (bicyclic) bond motifs is 1. The van der Waals surface area contributed by atoms with Crippen molar-refractivity contribution in [3.63, 3.8) is 0 Å². The highest BCUT2D eigenvalue weighted by Gasteiger charge is 2.21. The van der Waals surface area contributed by atoms with E-state index in [1.807, 2.05) is 29.6 Å². The van der Waals surface area contributed by atoms with Crippen molar-refractivity contribution in [3.8, 4) is 0 Å². The predicted octanol–water partition coefficient (Wildman–Crippen LogP) is 4.22. The minimum Gasteiger partial charge on any atom is -0.307 e. The van der Waals surface area contributed by atoms with E-state index in [2.05, 4.69) is 30.6 Å². The van der Waals surface area contributed by atoms with Crippen molar-refractivity contribution in [3.05, 3.63) is 28.8 Å². The van der Waals surface area contributed by atoms with Crippen LogP contribution in [0.25, 0.3) is 0 Å². The topological polar surface area (TPSA) is 12.0 Å². The van der Waals surface area contributed by atoms with Gasteiger partial charge in [-0.05, 0) is 49.1 Å². The standard InChI is InChI=1S/C13H18ClNS2/c1-9(8-16-2)15-12-5-6-17-13-4-3-10(14)7-11(12)13/h3-4,7,9,12,15H,5-6,8H2,1-2H3. The summed E-state index contributed by atoms with van der Waals surface area (Å²) in [4.78, 5) is 1.38. The first-order chi connectivity index (χ1) is 8.20. The van der Waals surface area contributed by atoms with Gasteiger partial charge in [-0.25, -0.2) is 0 Å². The van der Waals surface area contributed by atoms with Crippen LogP contribution in [0.1, 0.15) is 24.9 Å². The fourth-order valence-corrected chi connectivity index (χ4v) is 4.06. The van der Waals surface area contributed by atoms with Crippen LogP contribution in [-0.4, -0.2) is 23.8 Å². The molecule has 0 aromatic heterocycles. The second kappa shape index (κ2) is 6.37. The van der Waals surface area contributed by atoms with E-state index in [0.29, 0.717) is 12.1 Å². The Labute approximate surface area is 117 Å². The number of halogens is 1. The number of benzene rings is 1. The molecule has 1 aliphatic heterocycles. The predicted molar refractivity (Wildman–Crippen MR) is 80.5 cm³/mol. The van der Waals surface area contributed by atoms with Crippen LogP contribution in [0.3, 0.4) is 0 Å². The molecule has 0 aliphatic carbocycles. The molecule has 0 saturated heterocycles. The SMILES string of the molecule is CSCC(C)NC1CCSc2ccc(Cl)cc21. The van der Waals surface area contributed by atoms with Gasteiger partial charge in [0, 0.05) is 27.8 Å². The van der Waals surface area contributed by atoms with Crippen LogP contribution in [0.4, 0.5) is 0 Å². The minimum atomic E-state index is 0.465. The highest BCUT2D eigenvalue weighted by Crippen LogP contribution is 2.37. The fourth-order valence-electron chi connectivity index (χ4n) is 2.18. The fraction of sp³-hybridized carbons (Fsp3) is 0.538. The van der Waals surface area contributed by atoms with Crippen LogP contribution < -0.4 is 5.32 Å². The van der Waals surface area contributed by atoms with Gasteiger partial charge in [0.2, 0.25) is 0 Å². The number of rotatable bonds is 4. The summed E-state index contributed by atoms with van der Waals surface area (Å²) >= 11 is 9.93. The summed E-state index contributed by atoms with van der Waals surface area (Å²) < 4.78 is 0. The van der Waals surface area contributed by atoms with E-state index in [9.17, 15) is 0 Å². The summed E-state index contributed by atoms with van der Waals surface area (Å²) in [5.74, 6) is 2.35. The zero-order valence-corrected chi connectivity index (χ0v) is 12.6. The van der Waals surface area contributed by atoms with Gasteiger partial charge in [0.05, 0.1) is 0 Å². The maximum atomic E-state index is 6.10. The van der Waals surface area contributed by atoms with Crippen LogP contribution in [0, 0.1) is 0 Å². The molecule has 17 heavy (non-hydrogen) atoms. The molecule has 0 bridgehead atoms. The molecule has 1 N–H and O–H groups in total. The monoisotopic (exact) mass is 287 g/mol. The highest BCUT2D eigenvalue weighted by atomic mass is 35.5. The lowest BCUT2D eigenvalue weighted by Gasteiger charge is -2.29. The molecule has 1 aromatic rings. The van der Waals surface area contributed by atoms with E-state index in [1.165, 1.54) is 22.6 Å². The molecule has 0 fully saturated rings. The third-order valence-electron chi connectivity index (χ3n) is 2.91. The smallest absolute Gasteiger partial charge is 0.0410 e. The van der Waals surface area contributed by atoms with E-state index in [-0.39, 0.29) is 0 Å². The third kappa shape index (κ3) is 3.57. The number of hydrogen-bond acceptors (Lipinski definition) is 3. The van der Waals surface area contributed by atoms with Crippen LogP contribution in [0.2, 0.25) is 5.02 Å². The molecule has 1 nitrogen and oxygen atoms in total. The van der Waals surface area contributed by atoms with E-state index in [4.69, 9.17) is 11.6 Å². The Bertz CT molecular complexity index is 384. The van der Waals surface area contributed by atoms with Gasteiger partial charge in [-0.15, -0.1) is 11.8 Å². The van der Waals surface area contributed by atoms with E-state index < -0.39 is 0 Å². The Balaban J connectivity index is 2.13. The van der Waals surface area contributed by atoms with Crippen LogP contribution >= 0.6 is 35.1 Å². The molecule has 0 spiro atoms. The Morgan fingerprint density at radius 3 is 3.18 bits per heavy atom. The first-order valence-electron chi connectivity index (χ1n) is 5.88. The first-order valence-corrected chi connectivity index (χ1v) is 8.63. The summed E-state index contributed by atoms with van der Waals surface area (Å²) in [6, 6.07) is 7.26. The lowest BCUT2D eigenvalue weighted by atomic mass is 10.0. The molecule has 0 radical (unpaired) electrons. The van der Waals surface area contributed by atoms with Crippen LogP contribution in [-0.2, 0) is 0 Å². The van der Waals surface area contributed by atoms with Crippen molar-refractivity contribution in [2.45, 2.75) is 30.3 Å². The summed E-state index contributed by atoms with van der Waals surface area (Å²) in [6.45, 7) is 2.25. The van der Waals surface area contributed by atoms with Crippen molar-refractivity contribution >= 4 is 35.1 Å². The number of nitrogens with one attached hydrogen (secondary N) is 1. The summed E-state index contributed by atoms with van der Waals surface area (Å²) in [6.07, 6.45) is 3.34. The lowest BCUT2D eigenvalue weighted by molar-refractivity contribution is 0.464. The average molecular weight is 288 g/mol. The van der Waals surface area contributed by atoms with Crippen LogP contribution in [0.5, 0.6) is 0 Å². The molecule has 1 aromatic carbocycles. The zero-order valence-electron chi connectivity index (χ0n) is 10.2. The van der Waals surface area contributed by atoms with Gasteiger partial charge < -0.3 is 5.32 Å². The van der Waals surface area contributed by atoms with Gasteiger partial charge in [0.25, 0.3) is 0 Å². The maximum Gasteiger partial charge on any atom is 0.0410 e. The molecule has 0 amide bonds. The van der Waals surface area contributed by atoms with Gasteiger partial charge in [0.15, 0.2) is 0 Å². The molecule has 4 heteroatoms. The van der Waals surface area contributed by atoms with Gasteiger partial charge in [-0.3, -0.25) is 0 Å². The number of thioether (sulfide) groups is 2. The van der Waals surface area contributed by atoms with Crippen molar-refractivity contribution in [1.29, 1.82) is 0 Å². The largest absolute Gasteiger partial charge is 0.307 e. The van der Waals surface area contributed by atoms with Crippen molar-refractivity contribution in [2.75, 3.05) is 17.8 Å². The van der Waals surface area contributed by atoms with Crippen molar-refractivity contribution < 1.29 is 0 Å². The zero-order chi connectivity index (χ0) is 12.3. The van der Waals surface area contributed by atoms with E-state index >= 15 is 0 Å². The molecule has 1 aliphatic rings. The van der Waals surface area contributed by atoms with Crippen LogP contribution in [0.15, 0.2) is 23.1 Å². The Morgan fingerprint density at radius 1 is 1.59 bits per heavy atom. The van der Waals surface area contributed by atoms with Gasteiger partial charge in [-0.2, -0.15) is 11.8 Å². The highest BCUT2D eigenvalue weighted by molar-refractivity contribution is 7.99. The average Bonchev–Trinajstić information content (AvgIpc) is 2.30. The Kier molecular flexibility index (Phi) is 5.10. The number of hydrogen-bond donors (Lipinski definition) is 1. The van der Waals surface area contributed by atoms with E-state index in [0.717, 1.165) is 10.8 Å². The summed E-state index contributed by atoms with van der Waals surface area (Å²) in [7, 11) is 0. The summed E-state index contributed by atoms with van der Waals surface area (Å²) in [5, 5.41) is 4.55. The Morgan fingerprint density at radius 2 is 2.41 bits per heavy atom. The van der Waals surface area contributed by atoms with Gasteiger partial charge in [-0.1, -0.05) is 11.6 Å². The normalized spacial score (nSPS) is 21.0. The van der Waals surface area contributed by atoms with Gasteiger partial charge in [0.1, 0.15) is 0 Å². The van der Waals surface area contributed by atoms with Crippen molar-refractivity contribution in [2.24, 2.45) is 0 Å². The second-order valence-electron chi connectivity index (χ2n) is 4.39. The lowest BCUT2D eigenvalue weighted by Crippen LogP contribution is -2.34. The van der Waals surface area contributed by atoms with Gasteiger partial charge >= 0.3 is 0 Å². The Hall–Kier alpha value is 0.170. The molecule has 1 heterocycles. The maximum absolute atomic E-state index is 6.10. The molecular weight excluding hydrogens is 270 g/mol. The third-order valence-corrected chi connectivity index (χ3v) is 5.10. The second-order valence-corrected chi connectivity index (χ2v) is 6.88.